The van der Waals surface area contributed by atoms with Crippen molar-refractivity contribution in [1.29, 1.82) is 0 Å². The normalized spacial score (nSPS) is 12.1. The molecular weight excluding hydrogens is 398 g/mol. The van der Waals surface area contributed by atoms with Crippen LogP contribution >= 0.6 is 12.0 Å². The summed E-state index contributed by atoms with van der Waals surface area (Å²) >= 11 is 0.658. The SMILES string of the molecule is O=S(=O)(O)c1cc2cc(SOOO)ccc2c(N=Nc2ccccn2)c1O. The zero-order chi connectivity index (χ0) is 19.4. The molecule has 0 spiro atoms. The molecule has 0 radical (unpaired) electrons. The summed E-state index contributed by atoms with van der Waals surface area (Å²) in [5.41, 5.74) is -0.165. The van der Waals surface area contributed by atoms with E-state index in [1.807, 2.05) is 0 Å². The minimum Gasteiger partial charge on any atom is -0.504 e. The first-order valence-electron chi connectivity index (χ1n) is 7.15. The van der Waals surface area contributed by atoms with Crippen molar-refractivity contribution in [2.24, 2.45) is 10.2 Å². The van der Waals surface area contributed by atoms with E-state index in [4.69, 9.17) is 5.26 Å². The average Bonchev–Trinajstić information content (AvgIpc) is 2.65. The second-order valence-corrected chi connectivity index (χ2v) is 7.21. The highest BCUT2D eigenvalue weighted by molar-refractivity contribution is 7.94. The molecule has 1 aromatic heterocycles. The van der Waals surface area contributed by atoms with Crippen LogP contribution in [-0.4, -0.2) is 28.3 Å². The number of hydrogen-bond donors (Lipinski definition) is 3. The van der Waals surface area contributed by atoms with Gasteiger partial charge in [0.15, 0.2) is 11.6 Å². The topological polar surface area (TPSA) is 151 Å². The van der Waals surface area contributed by atoms with Crippen molar-refractivity contribution in [1.82, 2.24) is 4.98 Å². The van der Waals surface area contributed by atoms with Crippen LogP contribution in [0, 0.1) is 0 Å². The van der Waals surface area contributed by atoms with E-state index in [2.05, 4.69) is 24.6 Å². The summed E-state index contributed by atoms with van der Waals surface area (Å²) < 4.78 is 36.9. The number of azo groups is 1. The van der Waals surface area contributed by atoms with E-state index in [-0.39, 0.29) is 11.5 Å². The number of rotatable bonds is 6. The average molecular weight is 409 g/mol. The van der Waals surface area contributed by atoms with Crippen molar-refractivity contribution < 1.29 is 32.7 Å². The first-order chi connectivity index (χ1) is 12.9. The van der Waals surface area contributed by atoms with E-state index in [1.165, 1.54) is 18.3 Å². The molecule has 27 heavy (non-hydrogen) atoms. The van der Waals surface area contributed by atoms with Crippen molar-refractivity contribution in [3.05, 3.63) is 48.7 Å². The lowest BCUT2D eigenvalue weighted by atomic mass is 10.1. The third kappa shape index (κ3) is 4.39. The molecule has 0 aliphatic heterocycles. The summed E-state index contributed by atoms with van der Waals surface area (Å²) in [5.74, 6) is -0.511. The Morgan fingerprint density at radius 1 is 1.11 bits per heavy atom. The summed E-state index contributed by atoms with van der Waals surface area (Å²) in [4.78, 5) is 3.67. The summed E-state index contributed by atoms with van der Waals surface area (Å²) in [6, 6.07) is 10.6. The highest BCUT2D eigenvalue weighted by Crippen LogP contribution is 2.42. The molecule has 140 valence electrons. The van der Waals surface area contributed by atoms with Gasteiger partial charge in [-0.1, -0.05) is 17.2 Å². The highest BCUT2D eigenvalue weighted by atomic mass is 32.2. The Morgan fingerprint density at radius 3 is 2.59 bits per heavy atom. The maximum atomic E-state index is 11.6. The first kappa shape index (κ1) is 19.2. The van der Waals surface area contributed by atoms with Gasteiger partial charge in [-0.2, -0.15) is 8.42 Å². The fourth-order valence-corrected chi connectivity index (χ4v) is 3.27. The highest BCUT2D eigenvalue weighted by Gasteiger charge is 2.22. The lowest BCUT2D eigenvalue weighted by Gasteiger charge is -2.09. The maximum absolute atomic E-state index is 11.6. The predicted molar refractivity (Wildman–Crippen MR) is 94.5 cm³/mol. The minimum atomic E-state index is -4.73. The van der Waals surface area contributed by atoms with Crippen LogP contribution in [0.4, 0.5) is 11.5 Å². The summed E-state index contributed by atoms with van der Waals surface area (Å²) in [6.07, 6.45) is 1.49. The summed E-state index contributed by atoms with van der Waals surface area (Å²) in [6.45, 7) is 0. The molecule has 0 saturated carbocycles. The van der Waals surface area contributed by atoms with Crippen molar-refractivity contribution in [3.63, 3.8) is 0 Å². The number of phenols is 1. The van der Waals surface area contributed by atoms with Crippen molar-refractivity contribution in [3.8, 4) is 5.75 Å². The van der Waals surface area contributed by atoms with Crippen LogP contribution in [0.1, 0.15) is 0 Å². The van der Waals surface area contributed by atoms with Gasteiger partial charge in [-0.15, -0.1) is 14.6 Å². The molecule has 3 N–H and O–H groups in total. The van der Waals surface area contributed by atoms with Crippen LogP contribution in [0.2, 0.25) is 0 Å². The second-order valence-electron chi connectivity index (χ2n) is 5.04. The van der Waals surface area contributed by atoms with Gasteiger partial charge in [0.05, 0.1) is 12.0 Å². The van der Waals surface area contributed by atoms with Crippen molar-refractivity contribution in [2.75, 3.05) is 0 Å². The molecule has 0 saturated heterocycles. The Labute approximate surface area is 156 Å². The number of aromatic hydroxyl groups is 1. The van der Waals surface area contributed by atoms with E-state index in [1.54, 1.807) is 24.3 Å². The standard InChI is InChI=1S/C15H11N3O7S2/c19-15-12(27(21,22)23)8-9-7-10(26-25-24-20)4-5-11(9)14(15)18-17-13-3-1-2-6-16-13/h1-8,19-20H,(H,21,22,23). The van der Waals surface area contributed by atoms with Gasteiger partial charge in [-0.3, -0.25) is 4.55 Å². The van der Waals surface area contributed by atoms with Crippen LogP contribution < -0.4 is 0 Å². The van der Waals surface area contributed by atoms with E-state index in [0.717, 1.165) is 6.07 Å². The lowest BCUT2D eigenvalue weighted by Crippen LogP contribution is -1.99. The van der Waals surface area contributed by atoms with E-state index in [0.29, 0.717) is 27.7 Å². The van der Waals surface area contributed by atoms with Gasteiger partial charge in [-0.25, -0.2) is 10.2 Å². The minimum absolute atomic E-state index is 0.165. The monoisotopic (exact) mass is 409 g/mol. The van der Waals surface area contributed by atoms with E-state index in [9.17, 15) is 18.1 Å². The Balaban J connectivity index is 2.19. The molecule has 0 atom stereocenters. The molecule has 0 aliphatic rings. The smallest absolute Gasteiger partial charge is 0.298 e. The molecule has 12 heteroatoms. The van der Waals surface area contributed by atoms with Crippen LogP contribution in [0.5, 0.6) is 5.75 Å². The Bertz CT molecular complexity index is 1110. The summed E-state index contributed by atoms with van der Waals surface area (Å²) in [7, 11) is -4.73. The third-order valence-corrected chi connectivity index (χ3v) is 4.81. The largest absolute Gasteiger partial charge is 0.504 e. The number of benzene rings is 2. The number of nitrogens with zero attached hydrogens (tertiary/aromatic N) is 3. The molecule has 3 aromatic rings. The number of phenolic OH excluding ortho intramolecular Hbond substituents is 1. The van der Waals surface area contributed by atoms with Crippen molar-refractivity contribution in [2.45, 2.75) is 9.79 Å². The number of pyridine rings is 1. The number of aromatic nitrogens is 1. The quantitative estimate of drug-likeness (QED) is 0.180. The zero-order valence-electron chi connectivity index (χ0n) is 13.3. The number of fused-ring (bicyclic) bond motifs is 1. The second kappa shape index (κ2) is 7.96. The van der Waals surface area contributed by atoms with Crippen LogP contribution in [0.3, 0.4) is 0 Å². The molecule has 0 aliphatic carbocycles. The molecule has 2 aromatic carbocycles. The van der Waals surface area contributed by atoms with Crippen LogP contribution in [0.15, 0.2) is 68.7 Å². The van der Waals surface area contributed by atoms with E-state index >= 15 is 0 Å². The third-order valence-electron chi connectivity index (χ3n) is 3.36. The fourth-order valence-electron chi connectivity index (χ4n) is 2.25. The molecule has 1 heterocycles. The van der Waals surface area contributed by atoms with Gasteiger partial charge >= 0.3 is 0 Å². The maximum Gasteiger partial charge on any atom is 0.298 e. The zero-order valence-corrected chi connectivity index (χ0v) is 14.9. The van der Waals surface area contributed by atoms with Gasteiger partial charge in [0.25, 0.3) is 10.1 Å². The van der Waals surface area contributed by atoms with Gasteiger partial charge in [-0.05, 0) is 35.7 Å². The molecule has 0 fully saturated rings. The van der Waals surface area contributed by atoms with Gasteiger partial charge in [0, 0.05) is 16.5 Å². The Morgan fingerprint density at radius 2 is 1.93 bits per heavy atom. The Hall–Kier alpha value is -2.61. The van der Waals surface area contributed by atoms with Gasteiger partial charge in [0.1, 0.15) is 10.6 Å². The number of hydrogen-bond acceptors (Lipinski definition) is 10. The fraction of sp³-hybridized carbons (Fsp3) is 0. The molecule has 0 unspecified atom stereocenters. The van der Waals surface area contributed by atoms with Gasteiger partial charge < -0.3 is 5.11 Å². The van der Waals surface area contributed by atoms with E-state index < -0.39 is 20.8 Å². The Kier molecular flexibility index (Phi) is 5.65. The predicted octanol–water partition coefficient (Wildman–Crippen LogP) is 4.03. The lowest BCUT2D eigenvalue weighted by molar-refractivity contribution is -0.432. The van der Waals surface area contributed by atoms with Gasteiger partial charge in [0.2, 0.25) is 0 Å². The van der Waals surface area contributed by atoms with Crippen LogP contribution in [0.25, 0.3) is 10.8 Å². The van der Waals surface area contributed by atoms with Crippen LogP contribution in [-0.2, 0) is 19.5 Å². The molecule has 0 amide bonds. The summed E-state index contributed by atoms with van der Waals surface area (Å²) in [5, 5.41) is 30.5. The first-order valence-corrected chi connectivity index (χ1v) is 9.33. The molecule has 3 rings (SSSR count). The molecule has 0 bridgehead atoms. The molecular formula is C15H11N3O7S2. The molecule has 10 nitrogen and oxygen atoms in total. The van der Waals surface area contributed by atoms with Crippen molar-refractivity contribution >= 4 is 44.4 Å².